The van der Waals surface area contributed by atoms with E-state index in [0.29, 0.717) is 49.5 Å². The van der Waals surface area contributed by atoms with Crippen molar-refractivity contribution in [2.75, 3.05) is 18.8 Å². The number of carbonyl (C=O) groups is 4. The van der Waals surface area contributed by atoms with Crippen molar-refractivity contribution in [1.82, 2.24) is 25.5 Å². The highest BCUT2D eigenvalue weighted by Crippen LogP contribution is 2.31. The Labute approximate surface area is 319 Å². The molecule has 0 aliphatic heterocycles. The molecule has 3 rings (SSSR count). The van der Waals surface area contributed by atoms with Gasteiger partial charge in [-0.05, 0) is 72.2 Å². The highest BCUT2D eigenvalue weighted by atomic mass is 33.1. The van der Waals surface area contributed by atoms with Crippen molar-refractivity contribution in [2.24, 2.45) is 5.92 Å². The van der Waals surface area contributed by atoms with Crippen LogP contribution in [0.15, 0.2) is 59.1 Å². The van der Waals surface area contributed by atoms with Gasteiger partial charge in [0.25, 0.3) is 5.91 Å². The molecule has 1 aromatic carbocycles. The molecule has 0 aliphatic carbocycles. The van der Waals surface area contributed by atoms with Crippen LogP contribution in [0, 0.1) is 11.7 Å². The summed E-state index contributed by atoms with van der Waals surface area (Å²) >= 11 is 1.23. The zero-order valence-corrected chi connectivity index (χ0v) is 33.2. The van der Waals surface area contributed by atoms with Crippen LogP contribution < -0.4 is 10.6 Å². The van der Waals surface area contributed by atoms with E-state index in [4.69, 9.17) is 4.74 Å². The van der Waals surface area contributed by atoms with Crippen molar-refractivity contribution in [3.05, 3.63) is 76.1 Å². The molecule has 3 aromatic rings. The van der Waals surface area contributed by atoms with E-state index in [9.17, 15) is 23.6 Å². The number of rotatable bonds is 23. The topological polar surface area (TPSA) is 131 Å². The van der Waals surface area contributed by atoms with Gasteiger partial charge in [0.15, 0.2) is 6.10 Å². The van der Waals surface area contributed by atoms with Gasteiger partial charge in [-0.15, -0.1) is 11.3 Å². The number of benzene rings is 1. The van der Waals surface area contributed by atoms with Crippen LogP contribution in [0.3, 0.4) is 0 Å². The largest absolute Gasteiger partial charge is 0.455 e. The summed E-state index contributed by atoms with van der Waals surface area (Å²) in [6, 6.07) is 11.1. The van der Waals surface area contributed by atoms with Crippen LogP contribution in [0.5, 0.6) is 0 Å². The third-order valence-electron chi connectivity index (χ3n) is 8.23. The quantitative estimate of drug-likeness (QED) is 0.0563. The zero-order chi connectivity index (χ0) is 37.9. The average Bonchev–Trinajstić information content (AvgIpc) is 3.62. The number of pyridine rings is 1. The minimum absolute atomic E-state index is 0.0857. The number of nitrogens with zero attached hydrogens (tertiary/aromatic N) is 3. The molecule has 10 nitrogen and oxygen atoms in total. The Balaban J connectivity index is 1.68. The van der Waals surface area contributed by atoms with Crippen LogP contribution in [0.25, 0.3) is 0 Å². The maximum Gasteiger partial charge on any atom is 0.303 e. The summed E-state index contributed by atoms with van der Waals surface area (Å²) in [6.07, 6.45) is 5.26. The Hall–Kier alpha value is -3.49. The van der Waals surface area contributed by atoms with Gasteiger partial charge in [-0.1, -0.05) is 63.1 Å². The Kier molecular flexibility index (Phi) is 19.2. The number of ether oxygens (including phenoxy) is 1. The molecular weight excluding hydrogens is 722 g/mol. The van der Waals surface area contributed by atoms with Crippen LogP contribution in [0.4, 0.5) is 4.39 Å². The summed E-state index contributed by atoms with van der Waals surface area (Å²) in [5, 5.41) is 8.96. The maximum atomic E-state index is 13.6. The lowest BCUT2D eigenvalue weighted by atomic mass is 9.95. The standard InChI is InChI=1S/C38H52FN5O5S3/c1-6-8-12-36(47)44(21-7-2)32(26(3)4)24-33(49-27(5)45)38-43-31(25-50-38)37(48)42-30(23-28-13-15-29(39)16-14-28)17-18-34(46)40-20-22-51-52-35-11-9-10-19-41-35/h9-11,13-16,19,25-26,30,32-33H,6-8,12,17-18,20-24H2,1-5H3,(H,40,46)(H,42,48)/t30-,32-,33-/m1/s1. The third kappa shape index (κ3) is 15.2. The van der Waals surface area contributed by atoms with Gasteiger partial charge >= 0.3 is 5.97 Å². The first kappa shape index (κ1) is 42.9. The van der Waals surface area contributed by atoms with Gasteiger partial charge in [0.05, 0.1) is 0 Å². The van der Waals surface area contributed by atoms with E-state index in [1.165, 1.54) is 30.4 Å². The fourth-order valence-electron chi connectivity index (χ4n) is 5.62. The Bertz CT molecular complexity index is 1540. The molecule has 0 aliphatic rings. The number of nitrogens with one attached hydrogen (secondary N) is 2. The number of carbonyl (C=O) groups excluding carboxylic acids is 4. The fraction of sp³-hybridized carbons (Fsp3) is 0.526. The summed E-state index contributed by atoms with van der Waals surface area (Å²) < 4.78 is 19.4. The van der Waals surface area contributed by atoms with Crippen molar-refractivity contribution in [2.45, 2.75) is 109 Å². The number of aromatic nitrogens is 2. The molecule has 0 saturated carbocycles. The van der Waals surface area contributed by atoms with E-state index < -0.39 is 24.0 Å². The molecule has 0 saturated heterocycles. The minimum Gasteiger partial charge on any atom is -0.455 e. The van der Waals surface area contributed by atoms with Gasteiger partial charge in [0.2, 0.25) is 11.8 Å². The van der Waals surface area contributed by atoms with Gasteiger partial charge in [0, 0.05) is 68.7 Å². The van der Waals surface area contributed by atoms with Crippen LogP contribution in [-0.2, 0) is 25.5 Å². The molecule has 2 N–H and O–H groups in total. The number of hydrogen-bond donors (Lipinski definition) is 2. The monoisotopic (exact) mass is 773 g/mol. The molecule has 0 fully saturated rings. The van der Waals surface area contributed by atoms with Gasteiger partial charge in [-0.25, -0.2) is 14.4 Å². The maximum absolute atomic E-state index is 13.6. The molecule has 3 atom stereocenters. The molecule has 52 heavy (non-hydrogen) atoms. The predicted molar refractivity (Wildman–Crippen MR) is 208 cm³/mol. The second-order valence-corrected chi connectivity index (χ2v) is 16.2. The minimum atomic E-state index is -0.742. The smallest absolute Gasteiger partial charge is 0.303 e. The normalized spacial score (nSPS) is 12.9. The molecule has 0 radical (unpaired) electrons. The van der Waals surface area contributed by atoms with Crippen molar-refractivity contribution in [3.63, 3.8) is 0 Å². The highest BCUT2D eigenvalue weighted by molar-refractivity contribution is 8.76. The van der Waals surface area contributed by atoms with Crippen LogP contribution in [-0.4, -0.2) is 69.5 Å². The van der Waals surface area contributed by atoms with Gasteiger partial charge in [0.1, 0.15) is 21.5 Å². The lowest BCUT2D eigenvalue weighted by Gasteiger charge is -2.36. The van der Waals surface area contributed by atoms with Crippen LogP contribution in [0.2, 0.25) is 0 Å². The number of thiazole rings is 1. The molecular formula is C38H52FN5O5S3. The van der Waals surface area contributed by atoms with Crippen molar-refractivity contribution in [1.29, 1.82) is 0 Å². The molecule has 2 heterocycles. The zero-order valence-electron chi connectivity index (χ0n) is 30.8. The van der Waals surface area contributed by atoms with Crippen molar-refractivity contribution >= 4 is 56.6 Å². The Morgan fingerprint density at radius 2 is 1.81 bits per heavy atom. The van der Waals surface area contributed by atoms with Crippen LogP contribution >= 0.6 is 32.9 Å². The molecule has 284 valence electrons. The van der Waals surface area contributed by atoms with Crippen molar-refractivity contribution < 1.29 is 28.3 Å². The number of halogens is 1. The summed E-state index contributed by atoms with van der Waals surface area (Å²) in [5.74, 6) is -0.518. The summed E-state index contributed by atoms with van der Waals surface area (Å²) in [4.78, 5) is 62.6. The summed E-state index contributed by atoms with van der Waals surface area (Å²) in [6.45, 7) is 10.6. The molecule has 3 amide bonds. The first-order valence-corrected chi connectivity index (χ1v) is 21.1. The molecule has 0 spiro atoms. The third-order valence-corrected chi connectivity index (χ3v) is 11.4. The van der Waals surface area contributed by atoms with E-state index in [0.717, 1.165) is 29.9 Å². The molecule has 2 aromatic heterocycles. The first-order valence-electron chi connectivity index (χ1n) is 17.9. The van der Waals surface area contributed by atoms with E-state index >= 15 is 0 Å². The lowest BCUT2D eigenvalue weighted by Crippen LogP contribution is -2.44. The van der Waals surface area contributed by atoms with Crippen molar-refractivity contribution in [3.8, 4) is 0 Å². The highest BCUT2D eigenvalue weighted by Gasteiger charge is 2.32. The summed E-state index contributed by atoms with van der Waals surface area (Å²) in [5.41, 5.74) is 0.979. The van der Waals surface area contributed by atoms with Gasteiger partial charge < -0.3 is 20.3 Å². The van der Waals surface area contributed by atoms with Gasteiger partial charge in [-0.2, -0.15) is 0 Å². The average molecular weight is 774 g/mol. The molecule has 14 heteroatoms. The SMILES string of the molecule is CCCCC(=O)N(CCC)[C@H](C[C@@H](OC(C)=O)c1nc(C(=O)N[C@H](CCC(=O)NCCSSc2ccccn2)Cc2ccc(F)cc2)cs1)C(C)C. The molecule has 0 bridgehead atoms. The molecule has 0 unspecified atom stereocenters. The Morgan fingerprint density at radius 3 is 2.46 bits per heavy atom. The van der Waals surface area contributed by atoms with E-state index in [-0.39, 0.29) is 41.7 Å². The number of esters is 1. The first-order chi connectivity index (χ1) is 25.0. The Morgan fingerprint density at radius 1 is 1.04 bits per heavy atom. The summed E-state index contributed by atoms with van der Waals surface area (Å²) in [7, 11) is 3.15. The van der Waals surface area contributed by atoms with E-state index in [1.54, 1.807) is 45.3 Å². The van der Waals surface area contributed by atoms with E-state index in [2.05, 4.69) is 41.4 Å². The van der Waals surface area contributed by atoms with Gasteiger partial charge in [-0.3, -0.25) is 19.2 Å². The van der Waals surface area contributed by atoms with E-state index in [1.807, 2.05) is 30.0 Å². The number of hydrogen-bond acceptors (Lipinski definition) is 10. The lowest BCUT2D eigenvalue weighted by molar-refractivity contribution is -0.148. The number of unbranched alkanes of at least 4 members (excludes halogenated alkanes) is 1. The second-order valence-electron chi connectivity index (χ2n) is 12.9. The predicted octanol–water partition coefficient (Wildman–Crippen LogP) is 7.80. The second kappa shape index (κ2) is 23.2. The van der Waals surface area contributed by atoms with Crippen LogP contribution in [0.1, 0.15) is 107 Å². The fourth-order valence-corrected chi connectivity index (χ4v) is 8.24. The number of amides is 3.